The topological polar surface area (TPSA) is 138 Å². The van der Waals surface area contributed by atoms with Crippen molar-refractivity contribution in [3.05, 3.63) is 26.9 Å². The van der Waals surface area contributed by atoms with Gasteiger partial charge in [-0.25, -0.2) is 0 Å². The smallest absolute Gasteiger partial charge is 0.319 e. The molecule has 2 aromatic heterocycles. The number of hydrogen-bond donors (Lipinski definition) is 2. The first kappa shape index (κ1) is 14.3. The van der Waals surface area contributed by atoms with Crippen molar-refractivity contribution in [2.75, 3.05) is 6.54 Å². The second-order valence-electron chi connectivity index (χ2n) is 5.24. The Hall–Kier alpha value is -2.13. The molecule has 0 aliphatic carbocycles. The molecule has 0 saturated carbocycles. The summed E-state index contributed by atoms with van der Waals surface area (Å²) in [6.45, 7) is 5.59. The van der Waals surface area contributed by atoms with Crippen LogP contribution in [-0.4, -0.2) is 37.0 Å². The van der Waals surface area contributed by atoms with E-state index in [4.69, 9.17) is 11.5 Å². The van der Waals surface area contributed by atoms with Crippen molar-refractivity contribution in [3.8, 4) is 0 Å². The highest BCUT2D eigenvalue weighted by molar-refractivity contribution is 5.66. The van der Waals surface area contributed by atoms with Gasteiger partial charge in [0.25, 0.3) is 5.65 Å². The fourth-order valence-electron chi connectivity index (χ4n) is 2.13. The van der Waals surface area contributed by atoms with Crippen LogP contribution in [0.3, 0.4) is 0 Å². The summed E-state index contributed by atoms with van der Waals surface area (Å²) >= 11 is 0. The summed E-state index contributed by atoms with van der Waals surface area (Å²) in [5.41, 5.74) is 13.0. The summed E-state index contributed by atoms with van der Waals surface area (Å²) in [7, 11) is 0. The van der Waals surface area contributed by atoms with Gasteiger partial charge in [0.2, 0.25) is 0 Å². The van der Waals surface area contributed by atoms with Crippen molar-refractivity contribution in [1.82, 2.24) is 20.0 Å². The maximum atomic E-state index is 11.4. The highest BCUT2D eigenvalue weighted by atomic mass is 16.6. The third-order valence-corrected chi connectivity index (χ3v) is 3.51. The quantitative estimate of drug-likeness (QED) is 0.587. The molecule has 0 fully saturated rings. The lowest BCUT2D eigenvalue weighted by atomic mass is 9.90. The van der Waals surface area contributed by atoms with Gasteiger partial charge in [-0.2, -0.15) is 4.52 Å². The molecule has 0 aliphatic heterocycles. The van der Waals surface area contributed by atoms with E-state index in [0.29, 0.717) is 5.56 Å². The van der Waals surface area contributed by atoms with E-state index in [2.05, 4.69) is 15.5 Å². The molecule has 2 rings (SSSR count). The lowest BCUT2D eigenvalue weighted by Gasteiger charge is -2.23. The van der Waals surface area contributed by atoms with Gasteiger partial charge in [0.05, 0.1) is 4.92 Å². The zero-order valence-electron chi connectivity index (χ0n) is 11.6. The van der Waals surface area contributed by atoms with E-state index in [1.165, 1.54) is 4.52 Å². The minimum absolute atomic E-state index is 0.108. The fourth-order valence-corrected chi connectivity index (χ4v) is 2.13. The van der Waals surface area contributed by atoms with Crippen molar-refractivity contribution >= 4 is 11.3 Å². The number of hydrogen-bond acceptors (Lipinski definition) is 7. The Morgan fingerprint density at radius 1 is 1.45 bits per heavy atom. The van der Waals surface area contributed by atoms with Crippen LogP contribution in [0.15, 0.2) is 0 Å². The van der Waals surface area contributed by atoms with E-state index in [1.807, 2.05) is 6.92 Å². The summed E-state index contributed by atoms with van der Waals surface area (Å²) in [4.78, 5) is 10.9. The first-order valence-corrected chi connectivity index (χ1v) is 6.12. The fraction of sp³-hybridized carbons (Fsp3) is 0.545. The van der Waals surface area contributed by atoms with Crippen LogP contribution in [0.4, 0.5) is 5.69 Å². The summed E-state index contributed by atoms with van der Waals surface area (Å²) in [6.07, 6.45) is 0.288. The highest BCUT2D eigenvalue weighted by Gasteiger charge is 2.30. The van der Waals surface area contributed by atoms with Crippen LogP contribution in [0.2, 0.25) is 0 Å². The third-order valence-electron chi connectivity index (χ3n) is 3.51. The van der Waals surface area contributed by atoms with E-state index >= 15 is 0 Å². The Bertz CT molecular complexity index is 677. The molecule has 0 aliphatic rings. The molecular weight excluding hydrogens is 262 g/mol. The van der Waals surface area contributed by atoms with Crippen LogP contribution < -0.4 is 11.5 Å². The molecular formula is C11H17N7O2. The van der Waals surface area contributed by atoms with E-state index in [-0.39, 0.29) is 24.3 Å². The van der Waals surface area contributed by atoms with Crippen LogP contribution in [-0.2, 0) is 6.42 Å². The lowest BCUT2D eigenvalue weighted by Crippen LogP contribution is -2.46. The number of nitrogens with zero attached hydrogens (tertiary/aromatic N) is 5. The van der Waals surface area contributed by atoms with Crippen LogP contribution in [0.5, 0.6) is 0 Å². The van der Waals surface area contributed by atoms with Gasteiger partial charge in [0, 0.05) is 23.3 Å². The molecule has 2 aromatic rings. The largest absolute Gasteiger partial charge is 0.329 e. The summed E-state index contributed by atoms with van der Waals surface area (Å²) < 4.78 is 1.37. The molecule has 1 atom stereocenters. The number of pyridine rings is 1. The van der Waals surface area contributed by atoms with Crippen molar-refractivity contribution < 1.29 is 4.92 Å². The average Bonchev–Trinajstić information content (AvgIpc) is 2.84. The zero-order chi connectivity index (χ0) is 15.1. The van der Waals surface area contributed by atoms with E-state index < -0.39 is 10.5 Å². The predicted octanol–water partition coefficient (Wildman–Crippen LogP) is -0.132. The number of nitro groups is 1. The van der Waals surface area contributed by atoms with E-state index in [0.717, 1.165) is 11.3 Å². The highest BCUT2D eigenvalue weighted by Crippen LogP contribution is 2.30. The van der Waals surface area contributed by atoms with Crippen molar-refractivity contribution in [3.63, 3.8) is 0 Å². The molecule has 20 heavy (non-hydrogen) atoms. The number of rotatable bonds is 4. The first-order chi connectivity index (χ1) is 9.28. The SMILES string of the molecule is Cc1c(CC(C)(N)CN)c([N+](=O)[O-])c2nnnn2c1C. The molecule has 0 aromatic carbocycles. The predicted molar refractivity (Wildman–Crippen MR) is 72.3 cm³/mol. The maximum absolute atomic E-state index is 11.4. The Morgan fingerprint density at radius 3 is 2.65 bits per heavy atom. The molecule has 0 saturated heterocycles. The Kier molecular flexibility index (Phi) is 3.40. The third kappa shape index (κ3) is 2.21. The van der Waals surface area contributed by atoms with Gasteiger partial charge in [-0.15, -0.1) is 5.10 Å². The Labute approximate surface area is 115 Å². The summed E-state index contributed by atoms with van der Waals surface area (Å²) in [6, 6.07) is 0. The van der Waals surface area contributed by atoms with E-state index in [9.17, 15) is 10.1 Å². The minimum Gasteiger partial charge on any atom is -0.329 e. The van der Waals surface area contributed by atoms with Crippen LogP contribution >= 0.6 is 0 Å². The van der Waals surface area contributed by atoms with Crippen molar-refractivity contribution in [1.29, 1.82) is 0 Å². The number of fused-ring (bicyclic) bond motifs is 1. The van der Waals surface area contributed by atoms with Gasteiger partial charge in [-0.05, 0) is 43.2 Å². The van der Waals surface area contributed by atoms with Gasteiger partial charge in [-0.3, -0.25) is 10.1 Å². The summed E-state index contributed by atoms with van der Waals surface area (Å²) in [5.74, 6) is 0. The minimum atomic E-state index is -0.728. The van der Waals surface area contributed by atoms with Gasteiger partial charge in [-0.1, -0.05) is 0 Å². The number of aryl methyl sites for hydroxylation is 1. The average molecular weight is 279 g/mol. The summed E-state index contributed by atoms with van der Waals surface area (Å²) in [5, 5.41) is 22.4. The lowest BCUT2D eigenvalue weighted by molar-refractivity contribution is -0.384. The van der Waals surface area contributed by atoms with Crippen LogP contribution in [0.1, 0.15) is 23.7 Å². The van der Waals surface area contributed by atoms with Crippen LogP contribution in [0.25, 0.3) is 5.65 Å². The zero-order valence-corrected chi connectivity index (χ0v) is 11.6. The monoisotopic (exact) mass is 279 g/mol. The maximum Gasteiger partial charge on any atom is 0.319 e. The molecule has 2 heterocycles. The standard InChI is InChI=1S/C11H17N7O2/c1-6-7(2)17-10(14-15-16-17)9(18(19)20)8(6)4-11(3,13)5-12/h4-5,12-13H2,1-3H3. The van der Waals surface area contributed by atoms with Crippen LogP contribution in [0, 0.1) is 24.0 Å². The number of tetrazole rings is 1. The molecule has 108 valence electrons. The van der Waals surface area contributed by atoms with Gasteiger partial charge in [0.15, 0.2) is 0 Å². The second-order valence-corrected chi connectivity index (χ2v) is 5.24. The molecule has 0 radical (unpaired) electrons. The molecule has 1 unspecified atom stereocenters. The Balaban J connectivity index is 2.77. The first-order valence-electron chi connectivity index (χ1n) is 6.12. The number of nitrogens with two attached hydrogens (primary N) is 2. The van der Waals surface area contributed by atoms with Gasteiger partial charge >= 0.3 is 5.69 Å². The molecule has 0 spiro atoms. The van der Waals surface area contributed by atoms with Crippen molar-refractivity contribution in [2.45, 2.75) is 32.7 Å². The number of aromatic nitrogens is 4. The second kappa shape index (κ2) is 4.76. The Morgan fingerprint density at radius 2 is 2.10 bits per heavy atom. The molecule has 4 N–H and O–H groups in total. The van der Waals surface area contributed by atoms with Gasteiger partial charge in [0.1, 0.15) is 0 Å². The molecule has 0 amide bonds. The molecule has 9 heteroatoms. The van der Waals surface area contributed by atoms with E-state index in [1.54, 1.807) is 13.8 Å². The normalized spacial score (nSPS) is 14.4. The molecule has 9 nitrogen and oxygen atoms in total. The molecule has 0 bridgehead atoms. The van der Waals surface area contributed by atoms with Gasteiger partial charge < -0.3 is 11.5 Å². The van der Waals surface area contributed by atoms with Crippen molar-refractivity contribution in [2.24, 2.45) is 11.5 Å².